The molecule has 0 spiro atoms. The Labute approximate surface area is 98.1 Å². The molecule has 16 heavy (non-hydrogen) atoms. The van der Waals surface area contributed by atoms with Crippen molar-refractivity contribution in [3.63, 3.8) is 0 Å². The van der Waals surface area contributed by atoms with Crippen LogP contribution in [0.3, 0.4) is 0 Å². The maximum Gasteiger partial charge on any atom is 0.222 e. The molecule has 1 rings (SSSR count). The third-order valence-electron chi connectivity index (χ3n) is 2.79. The van der Waals surface area contributed by atoms with Crippen molar-refractivity contribution >= 4 is 5.91 Å². The number of nitrogens with two attached hydrogens (primary N) is 1. The summed E-state index contributed by atoms with van der Waals surface area (Å²) in [7, 11) is 0. The van der Waals surface area contributed by atoms with Gasteiger partial charge in [0.1, 0.15) is 0 Å². The summed E-state index contributed by atoms with van der Waals surface area (Å²) in [6.45, 7) is 8.20. The maximum atomic E-state index is 12.0. The van der Waals surface area contributed by atoms with Gasteiger partial charge in [0.05, 0.1) is 6.10 Å². The minimum absolute atomic E-state index is 0.150. The second kappa shape index (κ2) is 5.64. The quantitative estimate of drug-likeness (QED) is 0.788. The van der Waals surface area contributed by atoms with Crippen molar-refractivity contribution in [2.75, 3.05) is 19.7 Å². The van der Waals surface area contributed by atoms with Gasteiger partial charge in [0.15, 0.2) is 0 Å². The van der Waals surface area contributed by atoms with Crippen molar-refractivity contribution in [1.82, 2.24) is 4.90 Å². The number of carbonyl (C=O) groups is 1. The fourth-order valence-corrected chi connectivity index (χ4v) is 1.81. The van der Waals surface area contributed by atoms with E-state index >= 15 is 0 Å². The SMILES string of the molecule is CC1CN(C(=O)CCC(C)(C)N)CCCO1. The largest absolute Gasteiger partial charge is 0.377 e. The minimum Gasteiger partial charge on any atom is -0.377 e. The molecular weight excluding hydrogens is 204 g/mol. The van der Waals surface area contributed by atoms with E-state index in [9.17, 15) is 4.79 Å². The molecule has 1 amide bonds. The summed E-state index contributed by atoms with van der Waals surface area (Å²) in [5.41, 5.74) is 5.62. The summed E-state index contributed by atoms with van der Waals surface area (Å²) in [5, 5.41) is 0. The fourth-order valence-electron chi connectivity index (χ4n) is 1.81. The number of amides is 1. The second-order valence-electron chi connectivity index (χ2n) is 5.36. The molecule has 1 heterocycles. The summed E-state index contributed by atoms with van der Waals surface area (Å²) in [6, 6.07) is 0. The van der Waals surface area contributed by atoms with E-state index in [2.05, 4.69) is 0 Å². The van der Waals surface area contributed by atoms with Crippen LogP contribution in [0.1, 0.15) is 40.0 Å². The van der Waals surface area contributed by atoms with E-state index in [4.69, 9.17) is 10.5 Å². The van der Waals surface area contributed by atoms with E-state index < -0.39 is 0 Å². The molecular formula is C12H24N2O2. The Balaban J connectivity index is 2.40. The average molecular weight is 228 g/mol. The van der Waals surface area contributed by atoms with Gasteiger partial charge >= 0.3 is 0 Å². The topological polar surface area (TPSA) is 55.6 Å². The first-order valence-corrected chi connectivity index (χ1v) is 6.07. The first kappa shape index (κ1) is 13.5. The van der Waals surface area contributed by atoms with Crippen LogP contribution in [0.5, 0.6) is 0 Å². The molecule has 1 aliphatic heterocycles. The summed E-state index contributed by atoms with van der Waals surface area (Å²) in [6.07, 6.45) is 2.35. The van der Waals surface area contributed by atoms with Crippen LogP contribution in [-0.2, 0) is 9.53 Å². The Hall–Kier alpha value is -0.610. The zero-order valence-electron chi connectivity index (χ0n) is 10.7. The van der Waals surface area contributed by atoms with Crippen LogP contribution in [0.2, 0.25) is 0 Å². The van der Waals surface area contributed by atoms with Gasteiger partial charge in [-0.25, -0.2) is 0 Å². The molecule has 0 aliphatic carbocycles. The van der Waals surface area contributed by atoms with Crippen molar-refractivity contribution < 1.29 is 9.53 Å². The first-order valence-electron chi connectivity index (χ1n) is 6.07. The fraction of sp³-hybridized carbons (Fsp3) is 0.917. The van der Waals surface area contributed by atoms with E-state index in [-0.39, 0.29) is 17.6 Å². The highest BCUT2D eigenvalue weighted by molar-refractivity contribution is 5.76. The normalized spacial score (nSPS) is 23.0. The molecule has 0 bridgehead atoms. The van der Waals surface area contributed by atoms with E-state index in [0.717, 1.165) is 26.0 Å². The molecule has 1 fully saturated rings. The second-order valence-corrected chi connectivity index (χ2v) is 5.36. The lowest BCUT2D eigenvalue weighted by molar-refractivity contribution is -0.132. The van der Waals surface area contributed by atoms with Crippen LogP contribution in [0, 0.1) is 0 Å². The van der Waals surface area contributed by atoms with Crippen molar-refractivity contribution in [2.24, 2.45) is 5.73 Å². The van der Waals surface area contributed by atoms with Crippen LogP contribution < -0.4 is 5.73 Å². The minimum atomic E-state index is -0.260. The van der Waals surface area contributed by atoms with Gasteiger partial charge in [-0.2, -0.15) is 0 Å². The van der Waals surface area contributed by atoms with E-state index in [1.807, 2.05) is 25.7 Å². The van der Waals surface area contributed by atoms with Crippen molar-refractivity contribution in [3.8, 4) is 0 Å². The smallest absolute Gasteiger partial charge is 0.222 e. The molecule has 94 valence electrons. The zero-order chi connectivity index (χ0) is 12.2. The number of ether oxygens (including phenoxy) is 1. The lowest BCUT2D eigenvalue weighted by Gasteiger charge is -2.24. The Bertz CT molecular complexity index is 236. The van der Waals surface area contributed by atoms with Crippen LogP contribution >= 0.6 is 0 Å². The molecule has 2 N–H and O–H groups in total. The van der Waals surface area contributed by atoms with Crippen LogP contribution in [-0.4, -0.2) is 42.1 Å². The maximum absolute atomic E-state index is 12.0. The summed E-state index contributed by atoms with van der Waals surface area (Å²) < 4.78 is 5.51. The van der Waals surface area contributed by atoms with Crippen LogP contribution in [0.25, 0.3) is 0 Å². The molecule has 0 aromatic carbocycles. The molecule has 0 aromatic rings. The molecule has 1 atom stereocenters. The molecule has 0 radical (unpaired) electrons. The Morgan fingerprint density at radius 1 is 1.56 bits per heavy atom. The van der Waals surface area contributed by atoms with Gasteiger partial charge in [0.2, 0.25) is 5.91 Å². The predicted molar refractivity (Wildman–Crippen MR) is 64.1 cm³/mol. The van der Waals surface area contributed by atoms with Gasteiger partial charge in [-0.1, -0.05) is 0 Å². The average Bonchev–Trinajstić information content (AvgIpc) is 2.38. The molecule has 0 aromatic heterocycles. The highest BCUT2D eigenvalue weighted by Crippen LogP contribution is 2.12. The Morgan fingerprint density at radius 2 is 2.25 bits per heavy atom. The van der Waals surface area contributed by atoms with Gasteiger partial charge in [0, 0.05) is 31.7 Å². The van der Waals surface area contributed by atoms with Crippen molar-refractivity contribution in [1.29, 1.82) is 0 Å². The number of nitrogens with zero attached hydrogens (tertiary/aromatic N) is 1. The summed E-state index contributed by atoms with van der Waals surface area (Å²) >= 11 is 0. The van der Waals surface area contributed by atoms with Gasteiger partial charge in [-0.05, 0) is 33.6 Å². The number of rotatable bonds is 3. The van der Waals surface area contributed by atoms with Crippen LogP contribution in [0.15, 0.2) is 0 Å². The molecule has 0 saturated carbocycles. The van der Waals surface area contributed by atoms with E-state index in [1.54, 1.807) is 0 Å². The number of hydrogen-bond acceptors (Lipinski definition) is 3. The highest BCUT2D eigenvalue weighted by atomic mass is 16.5. The van der Waals surface area contributed by atoms with Gasteiger partial charge in [-0.3, -0.25) is 4.79 Å². The lowest BCUT2D eigenvalue weighted by atomic mass is 9.99. The van der Waals surface area contributed by atoms with E-state index in [1.165, 1.54) is 0 Å². The molecule has 4 nitrogen and oxygen atoms in total. The number of hydrogen-bond donors (Lipinski definition) is 1. The first-order chi connectivity index (χ1) is 7.38. The highest BCUT2D eigenvalue weighted by Gasteiger charge is 2.21. The summed E-state index contributed by atoms with van der Waals surface area (Å²) in [4.78, 5) is 13.9. The summed E-state index contributed by atoms with van der Waals surface area (Å²) in [5.74, 6) is 0.205. The molecule has 1 aliphatic rings. The molecule has 1 saturated heterocycles. The standard InChI is InChI=1S/C12H24N2O2/c1-10-9-14(7-4-8-16-10)11(15)5-6-12(2,3)13/h10H,4-9,13H2,1-3H3. The van der Waals surface area contributed by atoms with Gasteiger partial charge in [-0.15, -0.1) is 0 Å². The molecule has 4 heteroatoms. The third-order valence-corrected chi connectivity index (χ3v) is 2.79. The third kappa shape index (κ3) is 4.94. The van der Waals surface area contributed by atoms with Crippen molar-refractivity contribution in [3.05, 3.63) is 0 Å². The zero-order valence-corrected chi connectivity index (χ0v) is 10.7. The Morgan fingerprint density at radius 3 is 2.88 bits per heavy atom. The predicted octanol–water partition coefficient (Wildman–Crippen LogP) is 1.14. The number of carbonyl (C=O) groups excluding carboxylic acids is 1. The monoisotopic (exact) mass is 228 g/mol. The van der Waals surface area contributed by atoms with Crippen molar-refractivity contribution in [2.45, 2.75) is 51.7 Å². The molecule has 1 unspecified atom stereocenters. The lowest BCUT2D eigenvalue weighted by Crippen LogP contribution is -2.38. The Kier molecular flexibility index (Phi) is 4.74. The van der Waals surface area contributed by atoms with Gasteiger partial charge < -0.3 is 15.4 Å². The van der Waals surface area contributed by atoms with Gasteiger partial charge in [0.25, 0.3) is 0 Å². The van der Waals surface area contributed by atoms with Crippen LogP contribution in [0.4, 0.5) is 0 Å². The van der Waals surface area contributed by atoms with E-state index in [0.29, 0.717) is 13.0 Å².